The molecule has 0 saturated carbocycles. The highest BCUT2D eigenvalue weighted by molar-refractivity contribution is 5.58. The highest BCUT2D eigenvalue weighted by Gasteiger charge is 2.29. The lowest BCUT2D eigenvalue weighted by molar-refractivity contribution is 0.0590. The summed E-state index contributed by atoms with van der Waals surface area (Å²) in [6.07, 6.45) is 5.26. The van der Waals surface area contributed by atoms with Crippen molar-refractivity contribution in [3.8, 4) is 11.4 Å². The number of ether oxygens (including phenoxy) is 1. The molecule has 2 atom stereocenters. The van der Waals surface area contributed by atoms with Gasteiger partial charge in [0.2, 0.25) is 11.7 Å². The van der Waals surface area contributed by atoms with Crippen molar-refractivity contribution in [3.63, 3.8) is 0 Å². The van der Waals surface area contributed by atoms with Crippen LogP contribution in [0.2, 0.25) is 0 Å². The number of rotatable bonds is 3. The van der Waals surface area contributed by atoms with Gasteiger partial charge in [0.25, 0.3) is 0 Å². The van der Waals surface area contributed by atoms with Crippen LogP contribution in [0.1, 0.15) is 30.7 Å². The number of nitrogens with zero attached hydrogens (tertiary/aromatic N) is 3. The molecule has 1 aliphatic heterocycles. The summed E-state index contributed by atoms with van der Waals surface area (Å²) >= 11 is 0. The highest BCUT2D eigenvalue weighted by Crippen LogP contribution is 2.26. The molecular weight excluding hydrogens is 256 g/mol. The Morgan fingerprint density at radius 2 is 2.35 bits per heavy atom. The third-order valence-corrected chi connectivity index (χ3v) is 3.69. The minimum Gasteiger partial charge on any atom is -0.381 e. The number of aromatic nitrogens is 3. The van der Waals surface area contributed by atoms with Crippen molar-refractivity contribution in [2.24, 2.45) is 5.73 Å². The first-order valence-electron chi connectivity index (χ1n) is 6.89. The van der Waals surface area contributed by atoms with Gasteiger partial charge in [0.05, 0.1) is 12.5 Å². The molecule has 1 saturated heterocycles. The first-order chi connectivity index (χ1) is 9.79. The average molecular weight is 274 g/mol. The molecule has 0 amide bonds. The number of hydrogen-bond donors (Lipinski definition) is 1. The zero-order valence-electron chi connectivity index (χ0n) is 11.5. The van der Waals surface area contributed by atoms with Gasteiger partial charge in [-0.1, -0.05) is 12.1 Å². The first kappa shape index (κ1) is 13.2. The Morgan fingerprint density at radius 3 is 3.15 bits per heavy atom. The topological polar surface area (TPSA) is 87.1 Å². The zero-order chi connectivity index (χ0) is 13.9. The second kappa shape index (κ2) is 5.68. The quantitative estimate of drug-likeness (QED) is 0.913. The zero-order valence-corrected chi connectivity index (χ0v) is 11.5. The van der Waals surface area contributed by atoms with Crippen LogP contribution in [0.15, 0.2) is 23.0 Å². The maximum Gasteiger partial charge on any atom is 0.233 e. The van der Waals surface area contributed by atoms with Gasteiger partial charge in [0, 0.05) is 30.6 Å². The van der Waals surface area contributed by atoms with Crippen molar-refractivity contribution in [2.45, 2.75) is 31.7 Å². The fourth-order valence-corrected chi connectivity index (χ4v) is 2.43. The van der Waals surface area contributed by atoms with Crippen LogP contribution in [0.4, 0.5) is 0 Å². The number of nitrogens with two attached hydrogens (primary N) is 1. The van der Waals surface area contributed by atoms with E-state index in [0.29, 0.717) is 24.9 Å². The molecule has 0 aromatic carbocycles. The maximum absolute atomic E-state index is 6.10. The smallest absolute Gasteiger partial charge is 0.233 e. The second-order valence-corrected chi connectivity index (χ2v) is 4.98. The van der Waals surface area contributed by atoms with Crippen LogP contribution in [-0.2, 0) is 11.2 Å². The van der Waals surface area contributed by atoms with Crippen LogP contribution >= 0.6 is 0 Å². The van der Waals surface area contributed by atoms with Gasteiger partial charge < -0.3 is 15.0 Å². The molecule has 6 heteroatoms. The van der Waals surface area contributed by atoms with Gasteiger partial charge in [-0.2, -0.15) is 4.98 Å². The van der Waals surface area contributed by atoms with E-state index in [9.17, 15) is 0 Å². The molecule has 2 unspecified atom stereocenters. The molecular formula is C14H18N4O2. The van der Waals surface area contributed by atoms with Gasteiger partial charge in [0.1, 0.15) is 0 Å². The van der Waals surface area contributed by atoms with Gasteiger partial charge in [-0.05, 0) is 24.5 Å². The van der Waals surface area contributed by atoms with Crippen molar-refractivity contribution < 1.29 is 9.26 Å². The van der Waals surface area contributed by atoms with E-state index in [1.54, 1.807) is 6.20 Å². The molecule has 0 spiro atoms. The molecule has 0 bridgehead atoms. The summed E-state index contributed by atoms with van der Waals surface area (Å²) < 4.78 is 10.8. The Balaban J connectivity index is 1.90. The average Bonchev–Trinajstić information content (AvgIpc) is 2.97. The molecule has 2 N–H and O–H groups in total. The minimum absolute atomic E-state index is 0.0140. The molecule has 1 aliphatic rings. The molecule has 106 valence electrons. The van der Waals surface area contributed by atoms with Gasteiger partial charge in [-0.3, -0.25) is 4.98 Å². The fraction of sp³-hybridized carbons (Fsp3) is 0.500. The molecule has 0 radical (unpaired) electrons. The van der Waals surface area contributed by atoms with Gasteiger partial charge in [-0.15, -0.1) is 0 Å². The predicted molar refractivity (Wildman–Crippen MR) is 73.1 cm³/mol. The van der Waals surface area contributed by atoms with Crippen molar-refractivity contribution in [1.29, 1.82) is 0 Å². The molecule has 2 aromatic rings. The van der Waals surface area contributed by atoms with Crippen LogP contribution < -0.4 is 5.73 Å². The lowest BCUT2D eigenvalue weighted by Crippen LogP contribution is -2.37. The summed E-state index contributed by atoms with van der Waals surface area (Å²) in [5, 5.41) is 4.08. The Morgan fingerprint density at radius 1 is 1.45 bits per heavy atom. The highest BCUT2D eigenvalue weighted by atomic mass is 16.5. The van der Waals surface area contributed by atoms with Crippen molar-refractivity contribution >= 4 is 0 Å². The third-order valence-electron chi connectivity index (χ3n) is 3.69. The Bertz CT molecular complexity index is 584. The van der Waals surface area contributed by atoms with Gasteiger partial charge >= 0.3 is 0 Å². The predicted octanol–water partition coefficient (Wildman–Crippen LogP) is 1.53. The van der Waals surface area contributed by atoms with E-state index in [1.165, 1.54) is 0 Å². The van der Waals surface area contributed by atoms with E-state index in [1.807, 2.05) is 12.3 Å². The normalized spacial score (nSPS) is 22.9. The standard InChI is InChI=1S/C14H18N4O2/c1-2-9-7-16-5-3-10(9)13-17-14(20-18-13)11-8-19-6-4-12(11)15/h3,5,7,11-12H,2,4,6,8,15H2,1H3. The Hall–Kier alpha value is -1.79. The summed E-state index contributed by atoms with van der Waals surface area (Å²) in [6, 6.07) is 1.92. The van der Waals surface area contributed by atoms with Crippen molar-refractivity contribution in [2.75, 3.05) is 13.2 Å². The number of pyridine rings is 1. The summed E-state index contributed by atoms with van der Waals surface area (Å²) in [7, 11) is 0. The van der Waals surface area contributed by atoms with E-state index in [0.717, 1.165) is 24.0 Å². The van der Waals surface area contributed by atoms with Crippen LogP contribution in [0.3, 0.4) is 0 Å². The van der Waals surface area contributed by atoms with E-state index in [2.05, 4.69) is 22.0 Å². The summed E-state index contributed by atoms with van der Waals surface area (Å²) in [6.45, 7) is 3.31. The molecule has 6 nitrogen and oxygen atoms in total. The van der Waals surface area contributed by atoms with Gasteiger partial charge in [0.15, 0.2) is 0 Å². The van der Waals surface area contributed by atoms with E-state index in [4.69, 9.17) is 15.0 Å². The van der Waals surface area contributed by atoms with Crippen LogP contribution in [0.5, 0.6) is 0 Å². The van der Waals surface area contributed by atoms with Crippen molar-refractivity contribution in [1.82, 2.24) is 15.1 Å². The second-order valence-electron chi connectivity index (χ2n) is 4.98. The van der Waals surface area contributed by atoms with Crippen molar-refractivity contribution in [3.05, 3.63) is 29.9 Å². The molecule has 3 heterocycles. The summed E-state index contributed by atoms with van der Waals surface area (Å²) in [5.74, 6) is 1.14. The SMILES string of the molecule is CCc1cnccc1-c1noc(C2COCCC2N)n1. The molecule has 20 heavy (non-hydrogen) atoms. The Labute approximate surface area is 117 Å². The number of hydrogen-bond acceptors (Lipinski definition) is 6. The van der Waals surface area contributed by atoms with Crippen LogP contribution in [0.25, 0.3) is 11.4 Å². The molecule has 3 rings (SSSR count). The van der Waals surface area contributed by atoms with E-state index >= 15 is 0 Å². The monoisotopic (exact) mass is 274 g/mol. The van der Waals surface area contributed by atoms with Crippen LogP contribution in [-0.4, -0.2) is 34.4 Å². The lowest BCUT2D eigenvalue weighted by Gasteiger charge is -2.25. The Kier molecular flexibility index (Phi) is 3.75. The molecule has 2 aromatic heterocycles. The fourth-order valence-electron chi connectivity index (χ4n) is 2.43. The summed E-state index contributed by atoms with van der Waals surface area (Å²) in [5.41, 5.74) is 8.16. The van der Waals surface area contributed by atoms with Gasteiger partial charge in [-0.25, -0.2) is 0 Å². The van der Waals surface area contributed by atoms with E-state index in [-0.39, 0.29) is 12.0 Å². The largest absolute Gasteiger partial charge is 0.381 e. The maximum atomic E-state index is 6.10. The minimum atomic E-state index is -0.0167. The summed E-state index contributed by atoms with van der Waals surface area (Å²) in [4.78, 5) is 8.62. The molecule has 0 aliphatic carbocycles. The van der Waals surface area contributed by atoms with Crippen LogP contribution in [0, 0.1) is 0 Å². The molecule has 1 fully saturated rings. The number of aryl methyl sites for hydroxylation is 1. The van der Waals surface area contributed by atoms with E-state index < -0.39 is 0 Å². The first-order valence-corrected chi connectivity index (χ1v) is 6.89. The lowest BCUT2D eigenvalue weighted by atomic mass is 9.97. The third kappa shape index (κ3) is 2.44.